The zero-order valence-electron chi connectivity index (χ0n) is 7.33. The Morgan fingerprint density at radius 3 is 2.62 bits per heavy atom. The van der Waals surface area contributed by atoms with Gasteiger partial charge in [0.05, 0.1) is 6.10 Å². The molecule has 13 heavy (non-hydrogen) atoms. The van der Waals surface area contributed by atoms with E-state index in [9.17, 15) is 5.11 Å². The molecule has 1 aromatic carbocycles. The summed E-state index contributed by atoms with van der Waals surface area (Å²) in [5.74, 6) is 0. The van der Waals surface area contributed by atoms with E-state index in [1.807, 2.05) is 25.1 Å². The molecule has 0 aliphatic rings. The minimum atomic E-state index is -0.543. The zero-order valence-corrected chi connectivity index (χ0v) is 9.73. The van der Waals surface area contributed by atoms with Crippen LogP contribution in [-0.2, 0) is 0 Å². The standard InChI is InChI=1S/C9H12BrNO.ClH/c1-6-4-7(10)2-3-8(6)9(12)5-11;/h2-4,9,12H,5,11H2,1H3;1H. The Hall–Kier alpha value is -0.0900. The SMILES string of the molecule is Cc1cc(Br)ccc1C(O)CN.Cl. The second kappa shape index (κ2) is 5.60. The molecular formula is C9H13BrClNO. The van der Waals surface area contributed by atoms with Crippen molar-refractivity contribution in [2.75, 3.05) is 6.54 Å². The summed E-state index contributed by atoms with van der Waals surface area (Å²) in [6, 6.07) is 5.76. The summed E-state index contributed by atoms with van der Waals surface area (Å²) in [5, 5.41) is 9.46. The van der Waals surface area contributed by atoms with Crippen LogP contribution >= 0.6 is 28.3 Å². The third-order valence-electron chi connectivity index (χ3n) is 1.81. The number of aliphatic hydroxyl groups excluding tert-OH is 1. The van der Waals surface area contributed by atoms with E-state index in [4.69, 9.17) is 5.73 Å². The maximum absolute atomic E-state index is 9.46. The Bertz CT molecular complexity index is 280. The smallest absolute Gasteiger partial charge is 0.0914 e. The van der Waals surface area contributed by atoms with Gasteiger partial charge in [-0.05, 0) is 30.2 Å². The van der Waals surface area contributed by atoms with Gasteiger partial charge in [-0.2, -0.15) is 0 Å². The van der Waals surface area contributed by atoms with E-state index >= 15 is 0 Å². The predicted molar refractivity (Wildman–Crippen MR) is 60.1 cm³/mol. The number of aryl methyl sites for hydroxylation is 1. The van der Waals surface area contributed by atoms with E-state index in [1.54, 1.807) is 0 Å². The first-order valence-corrected chi connectivity index (χ1v) is 4.58. The molecule has 0 bridgehead atoms. The van der Waals surface area contributed by atoms with Crippen LogP contribution in [0.15, 0.2) is 22.7 Å². The van der Waals surface area contributed by atoms with Crippen molar-refractivity contribution in [1.29, 1.82) is 0 Å². The molecule has 0 saturated heterocycles. The van der Waals surface area contributed by atoms with Crippen LogP contribution in [0, 0.1) is 6.92 Å². The van der Waals surface area contributed by atoms with Crippen molar-refractivity contribution in [3.05, 3.63) is 33.8 Å². The fourth-order valence-corrected chi connectivity index (χ4v) is 1.62. The normalized spacial score (nSPS) is 12.0. The summed E-state index contributed by atoms with van der Waals surface area (Å²) >= 11 is 3.35. The lowest BCUT2D eigenvalue weighted by Gasteiger charge is -2.11. The molecular weight excluding hydrogens is 253 g/mol. The highest BCUT2D eigenvalue weighted by Gasteiger charge is 2.07. The summed E-state index contributed by atoms with van der Waals surface area (Å²) in [6.45, 7) is 2.22. The second-order valence-electron chi connectivity index (χ2n) is 2.75. The molecule has 1 aromatic rings. The molecule has 0 heterocycles. The molecule has 4 heteroatoms. The Morgan fingerprint density at radius 2 is 2.15 bits per heavy atom. The molecule has 0 saturated carbocycles. The van der Waals surface area contributed by atoms with Crippen molar-refractivity contribution in [3.8, 4) is 0 Å². The molecule has 2 nitrogen and oxygen atoms in total. The monoisotopic (exact) mass is 265 g/mol. The van der Waals surface area contributed by atoms with E-state index in [0.29, 0.717) is 0 Å². The largest absolute Gasteiger partial charge is 0.387 e. The van der Waals surface area contributed by atoms with Crippen molar-refractivity contribution in [2.45, 2.75) is 13.0 Å². The Balaban J connectivity index is 0.00000144. The van der Waals surface area contributed by atoms with Crippen molar-refractivity contribution in [2.24, 2.45) is 5.73 Å². The zero-order chi connectivity index (χ0) is 9.14. The summed E-state index contributed by atoms with van der Waals surface area (Å²) in [6.07, 6.45) is -0.543. The maximum Gasteiger partial charge on any atom is 0.0914 e. The second-order valence-corrected chi connectivity index (χ2v) is 3.67. The lowest BCUT2D eigenvalue weighted by molar-refractivity contribution is 0.186. The first-order valence-electron chi connectivity index (χ1n) is 3.79. The fourth-order valence-electron chi connectivity index (χ4n) is 1.14. The molecule has 0 aromatic heterocycles. The van der Waals surface area contributed by atoms with Crippen LogP contribution < -0.4 is 5.73 Å². The van der Waals surface area contributed by atoms with Crippen LogP contribution in [0.25, 0.3) is 0 Å². The van der Waals surface area contributed by atoms with Gasteiger partial charge in [-0.25, -0.2) is 0 Å². The molecule has 3 N–H and O–H groups in total. The first-order chi connectivity index (χ1) is 5.65. The first kappa shape index (κ1) is 12.9. The van der Waals surface area contributed by atoms with Gasteiger partial charge >= 0.3 is 0 Å². The highest BCUT2D eigenvalue weighted by Crippen LogP contribution is 2.20. The molecule has 0 fully saturated rings. The topological polar surface area (TPSA) is 46.2 Å². The summed E-state index contributed by atoms with van der Waals surface area (Å²) in [5.41, 5.74) is 7.31. The third kappa shape index (κ3) is 3.27. The molecule has 74 valence electrons. The number of rotatable bonds is 2. The van der Waals surface area contributed by atoms with Gasteiger partial charge in [0.1, 0.15) is 0 Å². The van der Waals surface area contributed by atoms with Crippen molar-refractivity contribution in [3.63, 3.8) is 0 Å². The van der Waals surface area contributed by atoms with E-state index in [1.165, 1.54) is 0 Å². The summed E-state index contributed by atoms with van der Waals surface area (Å²) in [4.78, 5) is 0. The lowest BCUT2D eigenvalue weighted by Crippen LogP contribution is -2.12. The molecule has 0 radical (unpaired) electrons. The Kier molecular flexibility index (Phi) is 5.56. The van der Waals surface area contributed by atoms with Gasteiger partial charge in [-0.3, -0.25) is 0 Å². The van der Waals surface area contributed by atoms with Gasteiger partial charge in [-0.15, -0.1) is 12.4 Å². The number of aliphatic hydroxyl groups is 1. The van der Waals surface area contributed by atoms with Gasteiger partial charge in [0.15, 0.2) is 0 Å². The fraction of sp³-hybridized carbons (Fsp3) is 0.333. The molecule has 0 spiro atoms. The van der Waals surface area contributed by atoms with E-state index in [0.717, 1.165) is 15.6 Å². The highest BCUT2D eigenvalue weighted by atomic mass is 79.9. The maximum atomic E-state index is 9.46. The van der Waals surface area contributed by atoms with E-state index in [2.05, 4.69) is 15.9 Å². The highest BCUT2D eigenvalue weighted by molar-refractivity contribution is 9.10. The van der Waals surface area contributed by atoms with Crippen LogP contribution in [0.2, 0.25) is 0 Å². The van der Waals surface area contributed by atoms with Gasteiger partial charge in [0, 0.05) is 11.0 Å². The minimum Gasteiger partial charge on any atom is -0.387 e. The molecule has 1 unspecified atom stereocenters. The summed E-state index contributed by atoms with van der Waals surface area (Å²) in [7, 11) is 0. The average molecular weight is 267 g/mol. The number of hydrogen-bond acceptors (Lipinski definition) is 2. The Labute approximate surface area is 92.7 Å². The number of nitrogens with two attached hydrogens (primary N) is 1. The lowest BCUT2D eigenvalue weighted by atomic mass is 10.0. The van der Waals surface area contributed by atoms with E-state index in [-0.39, 0.29) is 19.0 Å². The van der Waals surface area contributed by atoms with Crippen LogP contribution in [0.1, 0.15) is 17.2 Å². The molecule has 0 aliphatic heterocycles. The molecule has 0 aliphatic carbocycles. The minimum absolute atomic E-state index is 0. The van der Waals surface area contributed by atoms with Crippen molar-refractivity contribution in [1.82, 2.24) is 0 Å². The number of hydrogen-bond donors (Lipinski definition) is 2. The quantitative estimate of drug-likeness (QED) is 0.862. The van der Waals surface area contributed by atoms with Crippen LogP contribution in [0.4, 0.5) is 0 Å². The molecule has 1 atom stereocenters. The van der Waals surface area contributed by atoms with Crippen molar-refractivity contribution < 1.29 is 5.11 Å². The Morgan fingerprint density at radius 1 is 1.54 bits per heavy atom. The van der Waals surface area contributed by atoms with Crippen LogP contribution in [0.5, 0.6) is 0 Å². The summed E-state index contributed by atoms with van der Waals surface area (Å²) < 4.78 is 1.02. The van der Waals surface area contributed by atoms with Crippen molar-refractivity contribution >= 4 is 28.3 Å². The predicted octanol–water partition coefficient (Wildman–Crippen LogP) is 2.17. The van der Waals surface area contributed by atoms with Gasteiger partial charge in [0.25, 0.3) is 0 Å². The number of benzene rings is 1. The van der Waals surface area contributed by atoms with Gasteiger partial charge < -0.3 is 10.8 Å². The third-order valence-corrected chi connectivity index (χ3v) is 2.31. The van der Waals surface area contributed by atoms with Gasteiger partial charge in [-0.1, -0.05) is 22.0 Å². The molecule has 1 rings (SSSR count). The molecule has 0 amide bonds. The van der Waals surface area contributed by atoms with Crippen LogP contribution in [0.3, 0.4) is 0 Å². The van der Waals surface area contributed by atoms with Gasteiger partial charge in [0.2, 0.25) is 0 Å². The van der Waals surface area contributed by atoms with E-state index < -0.39 is 6.10 Å². The number of halogens is 2. The average Bonchev–Trinajstić information content (AvgIpc) is 2.03. The van der Waals surface area contributed by atoms with Crippen LogP contribution in [-0.4, -0.2) is 11.7 Å².